The van der Waals surface area contributed by atoms with Gasteiger partial charge in [0.2, 0.25) is 0 Å². The summed E-state index contributed by atoms with van der Waals surface area (Å²) in [4.78, 5) is 2.02. The van der Waals surface area contributed by atoms with E-state index in [1.54, 1.807) is 0 Å². The largest absolute Gasteiger partial charge is 0.309 e. The van der Waals surface area contributed by atoms with E-state index in [1.807, 2.05) is 25.9 Å². The minimum Gasteiger partial charge on any atom is -0.309 e. The van der Waals surface area contributed by atoms with Crippen LogP contribution in [0.2, 0.25) is 5.02 Å². The molecule has 5 heteroatoms. The molecule has 0 saturated carbocycles. The van der Waals surface area contributed by atoms with Crippen LogP contribution in [0.5, 0.6) is 0 Å². The van der Waals surface area contributed by atoms with Gasteiger partial charge in [0.1, 0.15) is 11.6 Å². The minimum atomic E-state index is -0.592. The monoisotopic (exact) mass is 262 g/mol. The Morgan fingerprint density at radius 3 is 2.53 bits per heavy atom. The summed E-state index contributed by atoms with van der Waals surface area (Å²) in [7, 11) is 3.92. The number of halogens is 3. The Bertz CT molecular complexity index is 383. The van der Waals surface area contributed by atoms with Crippen molar-refractivity contribution >= 4 is 11.6 Å². The third-order valence-electron chi connectivity index (χ3n) is 2.37. The van der Waals surface area contributed by atoms with Crippen LogP contribution in [0.25, 0.3) is 0 Å². The van der Waals surface area contributed by atoms with Crippen LogP contribution in [0.3, 0.4) is 0 Å². The van der Waals surface area contributed by atoms with Crippen molar-refractivity contribution in [2.24, 2.45) is 0 Å². The average Bonchev–Trinajstić information content (AvgIpc) is 2.20. The van der Waals surface area contributed by atoms with E-state index in [2.05, 4.69) is 5.32 Å². The number of hydrogen-bond donors (Lipinski definition) is 1. The van der Waals surface area contributed by atoms with Gasteiger partial charge in [0.05, 0.1) is 5.02 Å². The lowest BCUT2D eigenvalue weighted by molar-refractivity contribution is 0.348. The number of nitrogens with zero attached hydrogens (tertiary/aromatic N) is 1. The maximum atomic E-state index is 13.4. The summed E-state index contributed by atoms with van der Waals surface area (Å²) in [5, 5.41) is 2.94. The van der Waals surface area contributed by atoms with Crippen molar-refractivity contribution in [2.45, 2.75) is 19.5 Å². The highest BCUT2D eigenvalue weighted by molar-refractivity contribution is 6.30. The normalized spacial score (nSPS) is 13.1. The smallest absolute Gasteiger partial charge is 0.142 e. The fourth-order valence-corrected chi connectivity index (χ4v) is 1.75. The van der Waals surface area contributed by atoms with Crippen molar-refractivity contribution in [3.05, 3.63) is 34.4 Å². The van der Waals surface area contributed by atoms with E-state index in [0.717, 1.165) is 18.7 Å². The fourth-order valence-electron chi connectivity index (χ4n) is 1.60. The first-order valence-electron chi connectivity index (χ1n) is 5.41. The lowest BCUT2D eigenvalue weighted by Crippen LogP contribution is -2.35. The second kappa shape index (κ2) is 6.28. The molecule has 0 aliphatic rings. The van der Waals surface area contributed by atoms with Crippen molar-refractivity contribution in [3.63, 3.8) is 0 Å². The molecular weight excluding hydrogens is 246 g/mol. The number of rotatable bonds is 5. The predicted octanol–water partition coefficient (Wildman–Crippen LogP) is 2.66. The van der Waals surface area contributed by atoms with Gasteiger partial charge in [-0.25, -0.2) is 8.78 Å². The van der Waals surface area contributed by atoms with Gasteiger partial charge in [0.15, 0.2) is 0 Å². The summed E-state index contributed by atoms with van der Waals surface area (Å²) < 4.78 is 26.6. The molecule has 2 nitrogen and oxygen atoms in total. The average molecular weight is 263 g/mol. The van der Waals surface area contributed by atoms with Gasteiger partial charge in [0, 0.05) is 24.7 Å². The Balaban J connectivity index is 2.60. The number of hydrogen-bond acceptors (Lipinski definition) is 2. The van der Waals surface area contributed by atoms with Crippen LogP contribution in [-0.4, -0.2) is 31.6 Å². The first kappa shape index (κ1) is 14.4. The highest BCUT2D eigenvalue weighted by atomic mass is 35.5. The standard InChI is InChI=1S/C12H17ClF2N2/c1-8(7-17(2)3)16-6-9-4-12(15)10(13)5-11(9)14/h4-5,8,16H,6-7H2,1-3H3. The minimum absolute atomic E-state index is 0.187. The molecule has 96 valence electrons. The van der Waals surface area contributed by atoms with E-state index in [4.69, 9.17) is 11.6 Å². The van der Waals surface area contributed by atoms with Crippen LogP contribution in [-0.2, 0) is 6.54 Å². The third-order valence-corrected chi connectivity index (χ3v) is 2.66. The summed E-state index contributed by atoms with van der Waals surface area (Å²) in [5.74, 6) is -1.08. The highest BCUT2D eigenvalue weighted by Gasteiger charge is 2.10. The molecule has 0 aliphatic carbocycles. The van der Waals surface area contributed by atoms with Gasteiger partial charge >= 0.3 is 0 Å². The van der Waals surface area contributed by atoms with E-state index >= 15 is 0 Å². The lowest BCUT2D eigenvalue weighted by atomic mass is 10.2. The molecular formula is C12H17ClF2N2. The van der Waals surface area contributed by atoms with E-state index in [0.29, 0.717) is 0 Å². The molecule has 0 bridgehead atoms. The lowest BCUT2D eigenvalue weighted by Gasteiger charge is -2.18. The molecule has 0 spiro atoms. The maximum absolute atomic E-state index is 13.4. The van der Waals surface area contributed by atoms with Crippen molar-refractivity contribution in [1.29, 1.82) is 0 Å². The first-order chi connectivity index (χ1) is 7.90. The van der Waals surface area contributed by atoms with Gasteiger partial charge in [-0.3, -0.25) is 0 Å². The molecule has 1 aromatic carbocycles. The van der Waals surface area contributed by atoms with Crippen molar-refractivity contribution in [3.8, 4) is 0 Å². The molecule has 1 rings (SSSR count). The van der Waals surface area contributed by atoms with Gasteiger partial charge in [-0.1, -0.05) is 11.6 Å². The van der Waals surface area contributed by atoms with Crippen LogP contribution in [0.4, 0.5) is 8.78 Å². The summed E-state index contributed by atoms with van der Waals surface area (Å²) in [6, 6.07) is 2.33. The zero-order valence-corrected chi connectivity index (χ0v) is 11.0. The molecule has 0 saturated heterocycles. The topological polar surface area (TPSA) is 15.3 Å². The summed E-state index contributed by atoms with van der Waals surface area (Å²) in [6.45, 7) is 3.11. The summed E-state index contributed by atoms with van der Waals surface area (Å²) >= 11 is 5.48. The Hall–Kier alpha value is -0.710. The molecule has 1 aromatic rings. The fraction of sp³-hybridized carbons (Fsp3) is 0.500. The second-order valence-corrected chi connectivity index (χ2v) is 4.81. The van der Waals surface area contributed by atoms with E-state index < -0.39 is 11.6 Å². The van der Waals surface area contributed by atoms with Crippen molar-refractivity contribution in [1.82, 2.24) is 10.2 Å². The van der Waals surface area contributed by atoms with E-state index in [9.17, 15) is 8.78 Å². The van der Waals surface area contributed by atoms with Crippen LogP contribution in [0.15, 0.2) is 12.1 Å². The first-order valence-corrected chi connectivity index (χ1v) is 5.79. The van der Waals surface area contributed by atoms with Crippen LogP contribution in [0, 0.1) is 11.6 Å². The molecule has 1 unspecified atom stereocenters. The van der Waals surface area contributed by atoms with Crippen molar-refractivity contribution in [2.75, 3.05) is 20.6 Å². The Labute approximate surface area is 106 Å². The molecule has 1 N–H and O–H groups in total. The number of benzene rings is 1. The van der Waals surface area contributed by atoms with Gasteiger partial charge < -0.3 is 10.2 Å². The maximum Gasteiger partial charge on any atom is 0.142 e. The molecule has 0 amide bonds. The van der Waals surface area contributed by atoms with Crippen LogP contribution in [0.1, 0.15) is 12.5 Å². The third kappa shape index (κ3) is 4.58. The second-order valence-electron chi connectivity index (χ2n) is 4.40. The quantitative estimate of drug-likeness (QED) is 0.821. The van der Waals surface area contributed by atoms with E-state index in [1.165, 1.54) is 0 Å². The van der Waals surface area contributed by atoms with Crippen molar-refractivity contribution < 1.29 is 8.78 Å². The zero-order chi connectivity index (χ0) is 13.0. The number of nitrogens with one attached hydrogen (secondary N) is 1. The number of likely N-dealkylation sites (N-methyl/N-ethyl adjacent to an activating group) is 1. The van der Waals surface area contributed by atoms with Crippen LogP contribution < -0.4 is 5.32 Å². The Morgan fingerprint density at radius 2 is 1.94 bits per heavy atom. The summed E-state index contributed by atoms with van der Waals surface area (Å²) in [5.41, 5.74) is 0.289. The van der Waals surface area contributed by atoms with Gasteiger partial charge in [0.25, 0.3) is 0 Å². The molecule has 1 atom stereocenters. The zero-order valence-electron chi connectivity index (χ0n) is 10.2. The summed E-state index contributed by atoms with van der Waals surface area (Å²) in [6.07, 6.45) is 0. The Morgan fingerprint density at radius 1 is 1.29 bits per heavy atom. The van der Waals surface area contributed by atoms with Gasteiger partial charge in [-0.15, -0.1) is 0 Å². The van der Waals surface area contributed by atoms with E-state index in [-0.39, 0.29) is 23.2 Å². The van der Waals surface area contributed by atoms with Gasteiger partial charge in [-0.2, -0.15) is 0 Å². The highest BCUT2D eigenvalue weighted by Crippen LogP contribution is 2.19. The van der Waals surface area contributed by atoms with Crippen LogP contribution >= 0.6 is 11.6 Å². The molecule has 0 fully saturated rings. The molecule has 0 radical (unpaired) electrons. The molecule has 0 heterocycles. The van der Waals surface area contributed by atoms with Gasteiger partial charge in [-0.05, 0) is 33.2 Å². The predicted molar refractivity (Wildman–Crippen MR) is 66.2 cm³/mol. The molecule has 0 aromatic heterocycles. The molecule has 0 aliphatic heterocycles. The molecule has 17 heavy (non-hydrogen) atoms. The Kier molecular flexibility index (Phi) is 5.31. The SMILES string of the molecule is CC(CN(C)C)NCc1cc(F)c(Cl)cc1F.